The molecule has 0 aliphatic carbocycles. The molecule has 2 aromatic rings. The summed E-state index contributed by atoms with van der Waals surface area (Å²) in [4.78, 5) is 34.1. The standard InChI is InChI=1S/C29H31FN8O2/c1-29(2,3)40-28(39)37-14-12-36(13-15-37)20-7-8-24(22(30)17-20)34-27-33-18-19-16-21(23-6-4-5-9-31-23)26-32-10-11-38(26)25(19)35-27/h4-9,16-18,32H,10-15H2,1-3H3. The van der Waals surface area contributed by atoms with Gasteiger partial charge in [0, 0.05) is 68.5 Å². The Balaban J connectivity index is 1.23. The number of nitrogens with zero attached hydrogens (tertiary/aromatic N) is 7. The molecule has 0 radical (unpaired) electrons. The summed E-state index contributed by atoms with van der Waals surface area (Å²) in [6, 6.07) is 12.8. The van der Waals surface area contributed by atoms with E-state index in [2.05, 4.69) is 29.8 Å². The van der Waals surface area contributed by atoms with E-state index in [1.807, 2.05) is 56.0 Å². The van der Waals surface area contributed by atoms with Crippen LogP contribution in [0.2, 0.25) is 0 Å². The number of piperazine rings is 1. The Morgan fingerprint density at radius 3 is 2.60 bits per heavy atom. The van der Waals surface area contributed by atoms with Crippen LogP contribution in [0.3, 0.4) is 0 Å². The van der Waals surface area contributed by atoms with Crippen molar-refractivity contribution in [1.82, 2.24) is 24.4 Å². The third-order valence-corrected chi connectivity index (χ3v) is 6.88. The lowest BCUT2D eigenvalue weighted by atomic mass is 10.1. The van der Waals surface area contributed by atoms with Crippen molar-refractivity contribution >= 4 is 23.3 Å². The van der Waals surface area contributed by atoms with Gasteiger partial charge in [0.1, 0.15) is 22.9 Å². The van der Waals surface area contributed by atoms with Crippen molar-refractivity contribution in [1.29, 1.82) is 0 Å². The molecule has 11 heteroatoms. The van der Waals surface area contributed by atoms with Gasteiger partial charge in [-0.2, -0.15) is 4.98 Å². The molecule has 6 rings (SSSR count). The lowest BCUT2D eigenvalue weighted by molar-refractivity contribution is 0.0240. The van der Waals surface area contributed by atoms with Crippen LogP contribution in [0, 0.1) is 5.82 Å². The highest BCUT2D eigenvalue weighted by atomic mass is 19.1. The fraction of sp³-hybridized carbons (Fsp3) is 0.345. The quantitative estimate of drug-likeness (QED) is 0.412. The average molecular weight is 543 g/mol. The summed E-state index contributed by atoms with van der Waals surface area (Å²) in [5.41, 5.74) is 3.26. The predicted molar refractivity (Wildman–Crippen MR) is 150 cm³/mol. The van der Waals surface area contributed by atoms with E-state index < -0.39 is 11.4 Å². The van der Waals surface area contributed by atoms with Gasteiger partial charge in [0.2, 0.25) is 0 Å². The number of fused-ring (bicyclic) bond motifs is 3. The number of anilines is 2. The second-order valence-corrected chi connectivity index (χ2v) is 10.9. The molecule has 1 saturated heterocycles. The Hall–Kier alpha value is -4.54. The number of hydrogen-bond acceptors (Lipinski definition) is 8. The van der Waals surface area contributed by atoms with E-state index in [9.17, 15) is 4.79 Å². The molecule has 0 atom stereocenters. The first-order valence-corrected chi connectivity index (χ1v) is 13.4. The first-order valence-electron chi connectivity index (χ1n) is 13.4. The number of halogens is 1. The smallest absolute Gasteiger partial charge is 0.410 e. The highest BCUT2D eigenvalue weighted by molar-refractivity contribution is 5.80. The van der Waals surface area contributed by atoms with Gasteiger partial charge in [0.25, 0.3) is 5.62 Å². The number of amides is 1. The summed E-state index contributed by atoms with van der Waals surface area (Å²) >= 11 is 0. The molecule has 4 aliphatic heterocycles. The maximum Gasteiger partial charge on any atom is 0.410 e. The Labute approximate surface area is 231 Å². The van der Waals surface area contributed by atoms with Crippen LogP contribution >= 0.6 is 0 Å². The number of ether oxygens (including phenoxy) is 1. The van der Waals surface area contributed by atoms with Crippen molar-refractivity contribution in [2.75, 3.05) is 42.9 Å². The summed E-state index contributed by atoms with van der Waals surface area (Å²) < 4.78 is 22.7. The van der Waals surface area contributed by atoms with Crippen LogP contribution in [0.5, 0.6) is 0 Å². The molecular formula is C29H31FN8O2. The van der Waals surface area contributed by atoms with E-state index in [-0.39, 0.29) is 17.4 Å². The van der Waals surface area contributed by atoms with Crippen molar-refractivity contribution < 1.29 is 13.9 Å². The summed E-state index contributed by atoms with van der Waals surface area (Å²) in [5, 5.41) is 3.43. The van der Waals surface area contributed by atoms with Gasteiger partial charge in [0.05, 0.1) is 5.69 Å². The van der Waals surface area contributed by atoms with E-state index in [0.717, 1.165) is 47.2 Å². The molecule has 0 unspecified atom stereocenters. The van der Waals surface area contributed by atoms with Crippen LogP contribution in [-0.4, -0.2) is 68.8 Å². The monoisotopic (exact) mass is 542 g/mol. The number of aromatic nitrogens is 4. The van der Waals surface area contributed by atoms with Crippen LogP contribution in [-0.2, 0) is 11.3 Å². The van der Waals surface area contributed by atoms with E-state index in [1.54, 1.807) is 23.4 Å². The van der Waals surface area contributed by atoms with Crippen molar-refractivity contribution in [3.05, 3.63) is 66.3 Å². The van der Waals surface area contributed by atoms with Crippen molar-refractivity contribution in [2.24, 2.45) is 4.99 Å². The zero-order valence-electron chi connectivity index (χ0n) is 22.8. The van der Waals surface area contributed by atoms with Crippen LogP contribution in [0.15, 0.2) is 59.9 Å². The molecule has 0 saturated carbocycles. The summed E-state index contributed by atoms with van der Waals surface area (Å²) in [7, 11) is 0. The number of carbonyl (C=O) groups is 1. The lowest BCUT2D eigenvalue weighted by Crippen LogP contribution is -2.50. The van der Waals surface area contributed by atoms with Gasteiger partial charge in [-0.25, -0.2) is 19.2 Å². The SMILES string of the molecule is CC(C)(C)OC(=O)N1CCN(c2ccc(N=c3ncc4cc(-c5ccccn5)c5n(c-4n3)CCN5)c(F)c2)CC1. The van der Waals surface area contributed by atoms with Crippen LogP contribution in [0.4, 0.5) is 26.4 Å². The molecule has 206 valence electrons. The topological polar surface area (TPSA) is 101 Å². The third-order valence-electron chi connectivity index (χ3n) is 6.88. The minimum absolute atomic E-state index is 0.167. The lowest BCUT2D eigenvalue weighted by Gasteiger charge is -2.36. The minimum atomic E-state index is -0.538. The number of nitrogens with one attached hydrogen (secondary N) is 1. The van der Waals surface area contributed by atoms with Gasteiger partial charge in [-0.15, -0.1) is 0 Å². The van der Waals surface area contributed by atoms with Crippen LogP contribution in [0.1, 0.15) is 20.8 Å². The van der Waals surface area contributed by atoms with Gasteiger partial charge in [0.15, 0.2) is 5.82 Å². The van der Waals surface area contributed by atoms with E-state index in [1.165, 1.54) is 6.07 Å². The van der Waals surface area contributed by atoms with Gasteiger partial charge < -0.3 is 24.4 Å². The van der Waals surface area contributed by atoms with E-state index >= 15 is 4.39 Å². The van der Waals surface area contributed by atoms with E-state index in [0.29, 0.717) is 26.2 Å². The maximum absolute atomic E-state index is 15.2. The molecule has 5 heterocycles. The zero-order chi connectivity index (χ0) is 27.9. The second-order valence-electron chi connectivity index (χ2n) is 10.9. The Bertz CT molecular complexity index is 1590. The molecule has 10 nitrogen and oxygen atoms in total. The van der Waals surface area contributed by atoms with Crippen LogP contribution in [0.25, 0.3) is 22.6 Å². The normalized spacial score (nSPS) is 15.8. The highest BCUT2D eigenvalue weighted by Crippen LogP contribution is 2.35. The van der Waals surface area contributed by atoms with Gasteiger partial charge >= 0.3 is 6.09 Å². The Kier molecular flexibility index (Phi) is 6.57. The third kappa shape index (κ3) is 5.18. The molecule has 1 N–H and O–H groups in total. The number of rotatable bonds is 3. The molecule has 4 aliphatic rings. The number of benzene rings is 1. The van der Waals surface area contributed by atoms with Gasteiger partial charge in [-0.05, 0) is 57.2 Å². The fourth-order valence-electron chi connectivity index (χ4n) is 5.00. The molecular weight excluding hydrogens is 511 g/mol. The molecule has 1 fully saturated rings. The molecule has 1 amide bonds. The molecule has 0 bridgehead atoms. The van der Waals surface area contributed by atoms with Crippen molar-refractivity contribution in [3.8, 4) is 22.6 Å². The van der Waals surface area contributed by atoms with Gasteiger partial charge in [-0.1, -0.05) is 6.07 Å². The van der Waals surface area contributed by atoms with Crippen LogP contribution < -0.4 is 15.8 Å². The number of carbonyl (C=O) groups excluding carboxylic acids is 1. The molecule has 0 spiro atoms. The number of pyridine rings is 2. The maximum atomic E-state index is 15.2. The Morgan fingerprint density at radius 1 is 1.05 bits per heavy atom. The summed E-state index contributed by atoms with van der Waals surface area (Å²) in [6.45, 7) is 9.24. The van der Waals surface area contributed by atoms with Crippen molar-refractivity contribution in [2.45, 2.75) is 32.9 Å². The number of hydrogen-bond donors (Lipinski definition) is 1. The van der Waals surface area contributed by atoms with Gasteiger partial charge in [-0.3, -0.25) is 4.98 Å². The fourth-order valence-corrected chi connectivity index (χ4v) is 5.00. The average Bonchev–Trinajstić information content (AvgIpc) is 3.44. The molecule has 1 aromatic carbocycles. The summed E-state index contributed by atoms with van der Waals surface area (Å²) in [6.07, 6.45) is 3.17. The van der Waals surface area contributed by atoms with E-state index in [4.69, 9.17) is 4.74 Å². The highest BCUT2D eigenvalue weighted by Gasteiger charge is 2.26. The Morgan fingerprint density at radius 2 is 1.88 bits per heavy atom. The first-order chi connectivity index (χ1) is 19.2. The zero-order valence-corrected chi connectivity index (χ0v) is 22.8. The second kappa shape index (κ2) is 10.2. The largest absolute Gasteiger partial charge is 0.444 e. The summed E-state index contributed by atoms with van der Waals surface area (Å²) in [5.74, 6) is 1.22. The van der Waals surface area contributed by atoms with Crippen molar-refractivity contribution in [3.63, 3.8) is 0 Å². The first kappa shape index (κ1) is 25.7. The molecule has 1 aromatic heterocycles. The predicted octanol–water partition coefficient (Wildman–Crippen LogP) is 4.30. The molecule has 40 heavy (non-hydrogen) atoms. The minimum Gasteiger partial charge on any atom is -0.444 e.